The number of rotatable bonds is 3. The zero-order chi connectivity index (χ0) is 11.4. The summed E-state index contributed by atoms with van der Waals surface area (Å²) in [5.74, 6) is 1.09. The van der Waals surface area contributed by atoms with Gasteiger partial charge in [-0.25, -0.2) is 0 Å². The molecule has 1 aliphatic rings. The maximum atomic E-state index is 11.5. The zero-order valence-electron chi connectivity index (χ0n) is 9.82. The highest BCUT2D eigenvalue weighted by Crippen LogP contribution is 2.23. The molecule has 0 unspecified atom stereocenters. The monoisotopic (exact) mass is 237 g/mol. The van der Waals surface area contributed by atoms with Crippen LogP contribution in [0.15, 0.2) is 17.5 Å². The number of carbonyl (C=O) groups is 1. The van der Waals surface area contributed by atoms with E-state index in [1.807, 2.05) is 23.2 Å². The Hall–Kier alpha value is -0.830. The van der Waals surface area contributed by atoms with Crippen LogP contribution >= 0.6 is 11.3 Å². The summed E-state index contributed by atoms with van der Waals surface area (Å²) in [4.78, 5) is 15.0. The molecule has 16 heavy (non-hydrogen) atoms. The van der Waals surface area contributed by atoms with Crippen molar-refractivity contribution in [2.24, 2.45) is 5.92 Å². The van der Waals surface area contributed by atoms with Crippen LogP contribution in [0.2, 0.25) is 0 Å². The van der Waals surface area contributed by atoms with Crippen LogP contribution in [0, 0.1) is 5.92 Å². The zero-order valence-corrected chi connectivity index (χ0v) is 10.6. The molecule has 1 amide bonds. The second-order valence-electron chi connectivity index (χ2n) is 4.46. The fourth-order valence-corrected chi connectivity index (χ4v) is 3.14. The molecule has 0 N–H and O–H groups in total. The van der Waals surface area contributed by atoms with Crippen molar-refractivity contribution in [3.05, 3.63) is 22.4 Å². The molecular weight excluding hydrogens is 218 g/mol. The summed E-state index contributed by atoms with van der Waals surface area (Å²) in [5, 5.41) is 2.14. The van der Waals surface area contributed by atoms with E-state index in [4.69, 9.17) is 0 Å². The number of hydrogen-bond donors (Lipinski definition) is 0. The average Bonchev–Trinajstić information content (AvgIpc) is 2.82. The third kappa shape index (κ3) is 2.85. The SMILES string of the molecule is CCC(=O)N1CCC(Cc2cccs2)CC1. The van der Waals surface area contributed by atoms with Gasteiger partial charge in [-0.05, 0) is 36.6 Å². The van der Waals surface area contributed by atoms with Crippen LogP contribution in [0.4, 0.5) is 0 Å². The lowest BCUT2D eigenvalue weighted by Crippen LogP contribution is -2.38. The lowest BCUT2D eigenvalue weighted by atomic mass is 9.93. The van der Waals surface area contributed by atoms with Gasteiger partial charge < -0.3 is 4.90 Å². The van der Waals surface area contributed by atoms with Gasteiger partial charge in [0.1, 0.15) is 0 Å². The smallest absolute Gasteiger partial charge is 0.222 e. The van der Waals surface area contributed by atoms with Crippen LogP contribution in [-0.2, 0) is 11.2 Å². The van der Waals surface area contributed by atoms with Crippen LogP contribution in [-0.4, -0.2) is 23.9 Å². The van der Waals surface area contributed by atoms with E-state index >= 15 is 0 Å². The van der Waals surface area contributed by atoms with E-state index in [0.717, 1.165) is 19.0 Å². The van der Waals surface area contributed by atoms with Gasteiger partial charge in [0.25, 0.3) is 0 Å². The van der Waals surface area contributed by atoms with Crippen LogP contribution in [0.5, 0.6) is 0 Å². The van der Waals surface area contributed by atoms with Gasteiger partial charge in [0.15, 0.2) is 0 Å². The molecule has 2 heterocycles. The number of piperidine rings is 1. The minimum atomic E-state index is 0.314. The molecule has 0 spiro atoms. The second kappa shape index (κ2) is 5.48. The number of amides is 1. The molecule has 1 aromatic rings. The van der Waals surface area contributed by atoms with Crippen molar-refractivity contribution in [2.45, 2.75) is 32.6 Å². The van der Waals surface area contributed by atoms with Gasteiger partial charge in [-0.1, -0.05) is 13.0 Å². The maximum absolute atomic E-state index is 11.5. The van der Waals surface area contributed by atoms with Crippen LogP contribution in [0.1, 0.15) is 31.1 Å². The molecule has 0 saturated carbocycles. The van der Waals surface area contributed by atoms with Crippen molar-refractivity contribution in [1.29, 1.82) is 0 Å². The van der Waals surface area contributed by atoms with Crippen molar-refractivity contribution >= 4 is 17.2 Å². The first-order valence-electron chi connectivity index (χ1n) is 6.09. The molecule has 2 rings (SSSR count). The molecule has 1 fully saturated rings. The quantitative estimate of drug-likeness (QED) is 0.791. The Labute approximate surface area is 101 Å². The summed E-state index contributed by atoms with van der Waals surface area (Å²) in [6.07, 6.45) is 4.19. The summed E-state index contributed by atoms with van der Waals surface area (Å²) in [6.45, 7) is 3.87. The van der Waals surface area contributed by atoms with Crippen LogP contribution in [0.3, 0.4) is 0 Å². The number of thiophene rings is 1. The van der Waals surface area contributed by atoms with Crippen molar-refractivity contribution < 1.29 is 4.79 Å². The normalized spacial score (nSPS) is 17.7. The van der Waals surface area contributed by atoms with E-state index in [-0.39, 0.29) is 0 Å². The van der Waals surface area contributed by atoms with Gasteiger partial charge in [-0.3, -0.25) is 4.79 Å². The summed E-state index contributed by atoms with van der Waals surface area (Å²) in [5.41, 5.74) is 0. The van der Waals surface area contributed by atoms with Gasteiger partial charge in [0.05, 0.1) is 0 Å². The highest BCUT2D eigenvalue weighted by atomic mass is 32.1. The van der Waals surface area contributed by atoms with Gasteiger partial charge in [0, 0.05) is 24.4 Å². The lowest BCUT2D eigenvalue weighted by molar-refractivity contribution is -0.132. The van der Waals surface area contributed by atoms with Gasteiger partial charge in [0.2, 0.25) is 5.91 Å². The molecule has 1 aliphatic heterocycles. The van der Waals surface area contributed by atoms with E-state index in [0.29, 0.717) is 12.3 Å². The Morgan fingerprint density at radius 1 is 1.50 bits per heavy atom. The summed E-state index contributed by atoms with van der Waals surface area (Å²) in [6, 6.07) is 4.34. The molecular formula is C13H19NOS. The molecule has 0 aromatic carbocycles. The molecule has 1 saturated heterocycles. The number of hydrogen-bond acceptors (Lipinski definition) is 2. The molecule has 1 aromatic heterocycles. The number of carbonyl (C=O) groups excluding carboxylic acids is 1. The summed E-state index contributed by atoms with van der Waals surface area (Å²) < 4.78 is 0. The Morgan fingerprint density at radius 3 is 2.81 bits per heavy atom. The van der Waals surface area contributed by atoms with E-state index in [2.05, 4.69) is 17.5 Å². The average molecular weight is 237 g/mol. The second-order valence-corrected chi connectivity index (χ2v) is 5.49. The Balaban J connectivity index is 1.79. The highest BCUT2D eigenvalue weighted by molar-refractivity contribution is 7.09. The van der Waals surface area contributed by atoms with Crippen molar-refractivity contribution in [1.82, 2.24) is 4.90 Å². The van der Waals surface area contributed by atoms with Gasteiger partial charge >= 0.3 is 0 Å². The molecule has 0 atom stereocenters. The molecule has 2 nitrogen and oxygen atoms in total. The molecule has 0 aliphatic carbocycles. The van der Waals surface area contributed by atoms with Crippen LogP contribution < -0.4 is 0 Å². The first-order chi connectivity index (χ1) is 7.79. The van der Waals surface area contributed by atoms with E-state index in [1.165, 1.54) is 24.1 Å². The minimum Gasteiger partial charge on any atom is -0.343 e. The van der Waals surface area contributed by atoms with E-state index in [9.17, 15) is 4.79 Å². The lowest BCUT2D eigenvalue weighted by Gasteiger charge is -2.31. The topological polar surface area (TPSA) is 20.3 Å². The van der Waals surface area contributed by atoms with Gasteiger partial charge in [-0.15, -0.1) is 11.3 Å². The van der Waals surface area contributed by atoms with Gasteiger partial charge in [-0.2, -0.15) is 0 Å². The molecule has 3 heteroatoms. The maximum Gasteiger partial charge on any atom is 0.222 e. The van der Waals surface area contributed by atoms with E-state index < -0.39 is 0 Å². The number of likely N-dealkylation sites (tertiary alicyclic amines) is 1. The van der Waals surface area contributed by atoms with Crippen molar-refractivity contribution in [3.63, 3.8) is 0 Å². The Bertz CT molecular complexity index is 326. The number of nitrogens with zero attached hydrogens (tertiary/aromatic N) is 1. The Kier molecular flexibility index (Phi) is 3.99. The fourth-order valence-electron chi connectivity index (χ4n) is 2.32. The largest absolute Gasteiger partial charge is 0.343 e. The summed E-state index contributed by atoms with van der Waals surface area (Å²) in [7, 11) is 0. The first kappa shape index (κ1) is 11.6. The third-order valence-corrected chi connectivity index (χ3v) is 4.24. The third-order valence-electron chi connectivity index (χ3n) is 3.34. The Morgan fingerprint density at radius 2 is 2.25 bits per heavy atom. The van der Waals surface area contributed by atoms with Crippen molar-refractivity contribution in [3.8, 4) is 0 Å². The first-order valence-corrected chi connectivity index (χ1v) is 6.97. The highest BCUT2D eigenvalue weighted by Gasteiger charge is 2.21. The van der Waals surface area contributed by atoms with Crippen molar-refractivity contribution in [2.75, 3.05) is 13.1 Å². The molecule has 88 valence electrons. The predicted molar refractivity (Wildman–Crippen MR) is 67.6 cm³/mol. The predicted octanol–water partition coefficient (Wildman–Crippen LogP) is 2.94. The molecule has 0 radical (unpaired) electrons. The minimum absolute atomic E-state index is 0.314. The summed E-state index contributed by atoms with van der Waals surface area (Å²) >= 11 is 1.85. The fraction of sp³-hybridized carbons (Fsp3) is 0.615. The standard InChI is InChI=1S/C13H19NOS/c1-2-13(15)14-7-5-11(6-8-14)10-12-4-3-9-16-12/h3-4,9,11H,2,5-8,10H2,1H3. The molecule has 0 bridgehead atoms. The van der Waals surface area contributed by atoms with E-state index in [1.54, 1.807) is 0 Å². The van der Waals surface area contributed by atoms with Crippen LogP contribution in [0.25, 0.3) is 0 Å².